The van der Waals surface area contributed by atoms with Crippen LogP contribution in [0.3, 0.4) is 0 Å². The number of carbonyl (C=O) groups excluding carboxylic acids is 1. The maximum atomic E-state index is 12.4. The number of rotatable bonds is 6. The van der Waals surface area contributed by atoms with Crippen molar-refractivity contribution in [2.75, 3.05) is 32.7 Å². The second kappa shape index (κ2) is 8.44. The Morgan fingerprint density at radius 1 is 1.13 bits per heavy atom. The molecule has 2 rings (SSSR count). The van der Waals surface area contributed by atoms with E-state index < -0.39 is 10.2 Å². The Morgan fingerprint density at radius 2 is 1.83 bits per heavy atom. The van der Waals surface area contributed by atoms with Crippen LogP contribution in [0.1, 0.15) is 52.4 Å². The van der Waals surface area contributed by atoms with Crippen LogP contribution in [0, 0.1) is 11.8 Å². The molecule has 0 radical (unpaired) electrons. The van der Waals surface area contributed by atoms with E-state index in [-0.39, 0.29) is 5.91 Å². The summed E-state index contributed by atoms with van der Waals surface area (Å²) in [6, 6.07) is 0. The fourth-order valence-corrected chi connectivity index (χ4v) is 5.13. The Bertz CT molecular complexity index is 485. The summed E-state index contributed by atoms with van der Waals surface area (Å²) >= 11 is 0. The van der Waals surface area contributed by atoms with Gasteiger partial charge in [-0.2, -0.15) is 12.7 Å². The summed E-state index contributed by atoms with van der Waals surface area (Å²) < 4.78 is 29.0. The van der Waals surface area contributed by atoms with Gasteiger partial charge < -0.3 is 4.90 Å². The first-order valence-corrected chi connectivity index (χ1v) is 10.3. The lowest BCUT2D eigenvalue weighted by molar-refractivity contribution is -0.130. The third kappa shape index (κ3) is 5.72. The van der Waals surface area contributed by atoms with Gasteiger partial charge in [0.05, 0.1) is 0 Å². The zero-order valence-electron chi connectivity index (χ0n) is 14.5. The van der Waals surface area contributed by atoms with E-state index >= 15 is 0 Å². The Kier molecular flexibility index (Phi) is 6.85. The number of amides is 1. The highest BCUT2D eigenvalue weighted by Gasteiger charge is 2.30. The second-order valence-corrected chi connectivity index (χ2v) is 8.96. The van der Waals surface area contributed by atoms with Crippen LogP contribution < -0.4 is 4.72 Å². The predicted molar refractivity (Wildman–Crippen MR) is 91.1 cm³/mol. The maximum absolute atomic E-state index is 12.4. The standard InChI is InChI=1S/C16H31N3O3S/c1-14-11-15(2)13-19(12-14)23(21,22)17-8-6-10-18-9-5-3-4-7-16(18)20/h14-15,17H,3-13H2,1-2H3. The maximum Gasteiger partial charge on any atom is 0.279 e. The molecule has 7 heteroatoms. The van der Waals surface area contributed by atoms with Crippen LogP contribution in [0.15, 0.2) is 0 Å². The molecule has 0 aromatic rings. The highest BCUT2D eigenvalue weighted by molar-refractivity contribution is 7.87. The lowest BCUT2D eigenvalue weighted by Crippen LogP contribution is -2.48. The third-order valence-corrected chi connectivity index (χ3v) is 6.28. The highest BCUT2D eigenvalue weighted by atomic mass is 32.2. The van der Waals surface area contributed by atoms with Crippen molar-refractivity contribution in [3.8, 4) is 0 Å². The summed E-state index contributed by atoms with van der Waals surface area (Å²) in [6.45, 7) is 7.26. The molecule has 134 valence electrons. The van der Waals surface area contributed by atoms with Crippen molar-refractivity contribution >= 4 is 16.1 Å². The third-order valence-electron chi connectivity index (χ3n) is 4.74. The van der Waals surface area contributed by atoms with Crippen molar-refractivity contribution in [2.45, 2.75) is 52.4 Å². The summed E-state index contributed by atoms with van der Waals surface area (Å²) in [5.41, 5.74) is 0. The van der Waals surface area contributed by atoms with Gasteiger partial charge in [-0.25, -0.2) is 4.72 Å². The van der Waals surface area contributed by atoms with Gasteiger partial charge >= 0.3 is 0 Å². The molecule has 23 heavy (non-hydrogen) atoms. The van der Waals surface area contributed by atoms with Gasteiger partial charge in [-0.05, 0) is 37.5 Å². The van der Waals surface area contributed by atoms with Crippen LogP contribution in [0.4, 0.5) is 0 Å². The molecule has 2 atom stereocenters. The van der Waals surface area contributed by atoms with Crippen LogP contribution in [-0.2, 0) is 15.0 Å². The average Bonchev–Trinajstić information content (AvgIpc) is 2.67. The Hall–Kier alpha value is -0.660. The minimum absolute atomic E-state index is 0.212. The number of carbonyl (C=O) groups is 1. The number of piperidine rings is 1. The van der Waals surface area contributed by atoms with E-state index in [9.17, 15) is 13.2 Å². The van der Waals surface area contributed by atoms with Crippen molar-refractivity contribution in [1.29, 1.82) is 0 Å². The molecule has 6 nitrogen and oxygen atoms in total. The first-order valence-electron chi connectivity index (χ1n) is 8.91. The molecule has 0 bridgehead atoms. The van der Waals surface area contributed by atoms with Crippen molar-refractivity contribution in [1.82, 2.24) is 13.9 Å². The van der Waals surface area contributed by atoms with Crippen LogP contribution in [0.25, 0.3) is 0 Å². The molecule has 2 aliphatic heterocycles. The summed E-state index contributed by atoms with van der Waals surface area (Å²) in [5.74, 6) is 1.03. The normalized spacial score (nSPS) is 27.9. The van der Waals surface area contributed by atoms with E-state index in [1.165, 1.54) is 0 Å². The molecule has 2 aliphatic rings. The van der Waals surface area contributed by atoms with Gasteiger partial charge in [0.2, 0.25) is 5.91 Å². The van der Waals surface area contributed by atoms with Crippen LogP contribution >= 0.6 is 0 Å². The zero-order valence-corrected chi connectivity index (χ0v) is 15.3. The fraction of sp³-hybridized carbons (Fsp3) is 0.938. The SMILES string of the molecule is CC1CC(C)CN(S(=O)(=O)NCCCN2CCCCCC2=O)C1. The molecule has 2 saturated heterocycles. The molecule has 2 fully saturated rings. The smallest absolute Gasteiger partial charge is 0.279 e. The molecule has 0 aliphatic carbocycles. The average molecular weight is 346 g/mol. The second-order valence-electron chi connectivity index (χ2n) is 7.21. The van der Waals surface area contributed by atoms with E-state index in [2.05, 4.69) is 18.6 Å². The zero-order chi connectivity index (χ0) is 16.9. The van der Waals surface area contributed by atoms with Gasteiger partial charge in [0.1, 0.15) is 0 Å². The Labute approximate surface area is 140 Å². The van der Waals surface area contributed by atoms with Gasteiger partial charge in [-0.3, -0.25) is 4.79 Å². The van der Waals surface area contributed by atoms with Gasteiger partial charge in [-0.1, -0.05) is 20.3 Å². The van der Waals surface area contributed by atoms with E-state index in [0.717, 1.165) is 32.2 Å². The van der Waals surface area contributed by atoms with E-state index in [0.29, 0.717) is 50.9 Å². The summed E-state index contributed by atoms with van der Waals surface area (Å²) in [7, 11) is -3.39. The van der Waals surface area contributed by atoms with Crippen LogP contribution in [0.2, 0.25) is 0 Å². The van der Waals surface area contributed by atoms with Gasteiger partial charge in [0, 0.05) is 39.1 Å². The van der Waals surface area contributed by atoms with E-state index in [1.54, 1.807) is 4.31 Å². The predicted octanol–water partition coefficient (Wildman–Crippen LogP) is 1.59. The monoisotopic (exact) mass is 345 g/mol. The first-order chi connectivity index (χ1) is 10.9. The largest absolute Gasteiger partial charge is 0.343 e. The highest BCUT2D eigenvalue weighted by Crippen LogP contribution is 2.22. The van der Waals surface area contributed by atoms with Crippen LogP contribution in [0.5, 0.6) is 0 Å². The molecule has 0 aromatic carbocycles. The molecular formula is C16H31N3O3S. The lowest BCUT2D eigenvalue weighted by Gasteiger charge is -2.34. The number of nitrogens with zero attached hydrogens (tertiary/aromatic N) is 2. The minimum Gasteiger partial charge on any atom is -0.343 e. The molecule has 2 heterocycles. The molecule has 0 spiro atoms. The molecular weight excluding hydrogens is 314 g/mol. The van der Waals surface area contributed by atoms with E-state index in [1.807, 2.05) is 4.90 Å². The van der Waals surface area contributed by atoms with E-state index in [4.69, 9.17) is 0 Å². The summed E-state index contributed by atoms with van der Waals surface area (Å²) in [4.78, 5) is 13.8. The number of likely N-dealkylation sites (tertiary alicyclic amines) is 1. The molecule has 0 saturated carbocycles. The van der Waals surface area contributed by atoms with Crippen molar-refractivity contribution in [2.24, 2.45) is 11.8 Å². The quantitative estimate of drug-likeness (QED) is 0.743. The molecule has 1 amide bonds. The minimum atomic E-state index is -3.39. The van der Waals surface area contributed by atoms with Gasteiger partial charge in [0.25, 0.3) is 10.2 Å². The van der Waals surface area contributed by atoms with Crippen LogP contribution in [-0.4, -0.2) is 56.3 Å². The molecule has 2 unspecified atom stereocenters. The topological polar surface area (TPSA) is 69.7 Å². The van der Waals surface area contributed by atoms with Crippen molar-refractivity contribution in [3.63, 3.8) is 0 Å². The Morgan fingerprint density at radius 3 is 2.52 bits per heavy atom. The summed E-state index contributed by atoms with van der Waals surface area (Å²) in [6.07, 6.45) is 5.54. The van der Waals surface area contributed by atoms with Crippen molar-refractivity contribution in [3.05, 3.63) is 0 Å². The summed E-state index contributed by atoms with van der Waals surface area (Å²) in [5, 5.41) is 0. The molecule has 1 N–H and O–H groups in total. The van der Waals surface area contributed by atoms with Gasteiger partial charge in [0.15, 0.2) is 0 Å². The number of hydrogen-bond donors (Lipinski definition) is 1. The van der Waals surface area contributed by atoms with Gasteiger partial charge in [-0.15, -0.1) is 0 Å². The number of nitrogens with one attached hydrogen (secondary N) is 1. The lowest BCUT2D eigenvalue weighted by atomic mass is 9.94. The number of hydrogen-bond acceptors (Lipinski definition) is 3. The Balaban J connectivity index is 1.75. The fourth-order valence-electron chi connectivity index (χ4n) is 3.64. The molecule has 0 aromatic heterocycles. The van der Waals surface area contributed by atoms with Crippen molar-refractivity contribution < 1.29 is 13.2 Å². The first kappa shape index (κ1) is 18.7.